The highest BCUT2D eigenvalue weighted by Gasteiger charge is 2.30. The molecule has 2 aromatic heterocycles. The van der Waals surface area contributed by atoms with Crippen molar-refractivity contribution in [2.75, 3.05) is 7.05 Å². The van der Waals surface area contributed by atoms with Crippen LogP contribution in [0.25, 0.3) is 0 Å². The highest BCUT2D eigenvalue weighted by atomic mass is 15.3. The van der Waals surface area contributed by atoms with E-state index in [0.717, 1.165) is 56.9 Å². The zero-order chi connectivity index (χ0) is 23.3. The number of fused-ring (bicyclic) bond motifs is 1. The molecule has 1 aliphatic rings. The Kier molecular flexibility index (Phi) is 5.45. The van der Waals surface area contributed by atoms with Crippen LogP contribution in [0.5, 0.6) is 0 Å². The number of aryl methyl sites for hydroxylation is 2. The molecule has 0 radical (unpaired) electrons. The molecule has 0 bridgehead atoms. The first-order valence-corrected chi connectivity index (χ1v) is 11.0. The van der Waals surface area contributed by atoms with Crippen LogP contribution in [0.15, 0.2) is 34.3 Å². The quantitative estimate of drug-likeness (QED) is 0.502. The van der Waals surface area contributed by atoms with E-state index in [9.17, 15) is 0 Å². The number of hydrogen-bond acceptors (Lipinski definition) is 4. The van der Waals surface area contributed by atoms with Crippen molar-refractivity contribution in [3.63, 3.8) is 0 Å². The van der Waals surface area contributed by atoms with Crippen LogP contribution in [0.3, 0.4) is 0 Å². The second-order valence-corrected chi connectivity index (χ2v) is 8.77. The third-order valence-corrected chi connectivity index (χ3v) is 7.02. The van der Waals surface area contributed by atoms with Gasteiger partial charge >= 0.3 is 0 Å². The van der Waals surface area contributed by atoms with Gasteiger partial charge in [0.1, 0.15) is 11.7 Å². The van der Waals surface area contributed by atoms with E-state index in [2.05, 4.69) is 58.6 Å². The minimum absolute atomic E-state index is 0.764. The van der Waals surface area contributed by atoms with Gasteiger partial charge in [-0.15, -0.1) is 0 Å². The standard InChI is InChI=1S/C27H31N5/c1-14-16(3)20(7)28-24(18(14)5)30-26-22-12-10-11-13-23(22)27(32(26)9)31-25-19(6)15(2)17(4)21(8)29-25/h10-13H,1-9H3. The maximum absolute atomic E-state index is 5.04. The summed E-state index contributed by atoms with van der Waals surface area (Å²) in [5.41, 5.74) is 11.3. The molecule has 32 heavy (non-hydrogen) atoms. The number of amidine groups is 2. The maximum atomic E-state index is 5.04. The molecule has 1 aliphatic heterocycles. The van der Waals surface area contributed by atoms with Crippen molar-refractivity contribution >= 4 is 23.3 Å². The second-order valence-electron chi connectivity index (χ2n) is 8.77. The van der Waals surface area contributed by atoms with E-state index < -0.39 is 0 Å². The van der Waals surface area contributed by atoms with Crippen LogP contribution in [0.2, 0.25) is 0 Å². The van der Waals surface area contributed by atoms with Crippen LogP contribution in [-0.2, 0) is 0 Å². The fourth-order valence-corrected chi connectivity index (χ4v) is 4.12. The van der Waals surface area contributed by atoms with Crippen LogP contribution in [0, 0.1) is 55.4 Å². The van der Waals surface area contributed by atoms with Crippen molar-refractivity contribution in [2.45, 2.75) is 55.4 Å². The highest BCUT2D eigenvalue weighted by molar-refractivity contribution is 6.25. The lowest BCUT2D eigenvalue weighted by Gasteiger charge is -2.16. The lowest BCUT2D eigenvalue weighted by Crippen LogP contribution is -2.26. The van der Waals surface area contributed by atoms with Gasteiger partial charge in [0.05, 0.1) is 0 Å². The smallest absolute Gasteiger partial charge is 0.157 e. The van der Waals surface area contributed by atoms with Crippen LogP contribution < -0.4 is 0 Å². The third-order valence-electron chi connectivity index (χ3n) is 7.02. The summed E-state index contributed by atoms with van der Waals surface area (Å²) in [6, 6.07) is 8.28. The average molecular weight is 426 g/mol. The Hall–Kier alpha value is -3.34. The third kappa shape index (κ3) is 3.42. The molecular formula is C27H31N5. The Morgan fingerprint density at radius 3 is 1.31 bits per heavy atom. The predicted molar refractivity (Wildman–Crippen MR) is 133 cm³/mol. The molecule has 0 spiro atoms. The summed E-state index contributed by atoms with van der Waals surface area (Å²) in [5.74, 6) is 3.24. The normalized spacial score (nSPS) is 15.7. The first-order chi connectivity index (χ1) is 15.1. The molecular weight excluding hydrogens is 394 g/mol. The molecule has 5 nitrogen and oxygen atoms in total. The Labute approximate surface area is 191 Å². The monoisotopic (exact) mass is 425 g/mol. The first-order valence-electron chi connectivity index (χ1n) is 11.0. The van der Waals surface area contributed by atoms with E-state index in [0.29, 0.717) is 0 Å². The molecule has 0 saturated carbocycles. The Bertz CT molecular complexity index is 1210. The number of hydrogen-bond donors (Lipinski definition) is 0. The molecule has 0 N–H and O–H groups in total. The molecule has 0 amide bonds. The molecule has 0 atom stereocenters. The molecule has 3 aromatic rings. The lowest BCUT2D eigenvalue weighted by atomic mass is 10.0. The predicted octanol–water partition coefficient (Wildman–Crippen LogP) is 6.05. The minimum Gasteiger partial charge on any atom is -0.313 e. The van der Waals surface area contributed by atoms with Crippen LogP contribution in [0.1, 0.15) is 55.9 Å². The summed E-state index contributed by atoms with van der Waals surface area (Å²) < 4.78 is 0. The van der Waals surface area contributed by atoms with Gasteiger partial charge in [-0.3, -0.25) is 0 Å². The minimum atomic E-state index is 0.764. The first kappa shape index (κ1) is 21.9. The zero-order valence-electron chi connectivity index (χ0n) is 20.5. The van der Waals surface area contributed by atoms with E-state index in [4.69, 9.17) is 20.0 Å². The van der Waals surface area contributed by atoms with Crippen LogP contribution in [0.4, 0.5) is 11.6 Å². The summed E-state index contributed by atoms with van der Waals surface area (Å²) in [6.45, 7) is 16.8. The van der Waals surface area contributed by atoms with Gasteiger partial charge < -0.3 is 4.90 Å². The van der Waals surface area contributed by atoms with Crippen LogP contribution >= 0.6 is 0 Å². The number of nitrogens with zero attached hydrogens (tertiary/aromatic N) is 5. The largest absolute Gasteiger partial charge is 0.313 e. The summed E-state index contributed by atoms with van der Waals surface area (Å²) >= 11 is 0. The summed E-state index contributed by atoms with van der Waals surface area (Å²) in [6.07, 6.45) is 0. The summed E-state index contributed by atoms with van der Waals surface area (Å²) in [4.78, 5) is 21.7. The van der Waals surface area contributed by atoms with Crippen molar-refractivity contribution in [2.24, 2.45) is 9.98 Å². The number of aromatic nitrogens is 2. The van der Waals surface area contributed by atoms with Crippen molar-refractivity contribution in [1.29, 1.82) is 0 Å². The van der Waals surface area contributed by atoms with Crippen molar-refractivity contribution < 1.29 is 0 Å². The Morgan fingerprint density at radius 1 is 0.562 bits per heavy atom. The van der Waals surface area contributed by atoms with Crippen molar-refractivity contribution in [3.05, 3.63) is 80.2 Å². The molecule has 164 valence electrons. The van der Waals surface area contributed by atoms with E-state index in [1.54, 1.807) is 0 Å². The topological polar surface area (TPSA) is 53.7 Å². The van der Waals surface area contributed by atoms with E-state index in [1.165, 1.54) is 22.3 Å². The number of rotatable bonds is 2. The molecule has 0 saturated heterocycles. The molecule has 0 unspecified atom stereocenters. The Balaban J connectivity index is 1.91. The SMILES string of the molecule is Cc1nc(N=C2c3ccccc3C(=Nc3nc(C)c(C)c(C)c3C)N2C)c(C)c(C)c1C. The molecule has 1 aromatic carbocycles. The van der Waals surface area contributed by atoms with Gasteiger partial charge in [0.25, 0.3) is 0 Å². The molecule has 4 rings (SSSR count). The summed E-state index contributed by atoms with van der Waals surface area (Å²) in [5, 5.41) is 0. The average Bonchev–Trinajstić information content (AvgIpc) is 3.04. The second kappa shape index (κ2) is 7.97. The number of aliphatic imine (C=N–C) groups is 2. The van der Waals surface area contributed by atoms with Crippen molar-refractivity contribution in [1.82, 2.24) is 14.9 Å². The van der Waals surface area contributed by atoms with Crippen LogP contribution in [-0.4, -0.2) is 33.6 Å². The molecule has 5 heteroatoms. The van der Waals surface area contributed by atoms with Gasteiger partial charge in [-0.1, -0.05) is 24.3 Å². The Morgan fingerprint density at radius 2 is 0.938 bits per heavy atom. The highest BCUT2D eigenvalue weighted by Crippen LogP contribution is 2.31. The van der Waals surface area contributed by atoms with Crippen molar-refractivity contribution in [3.8, 4) is 0 Å². The number of pyridine rings is 2. The fourth-order valence-electron chi connectivity index (χ4n) is 4.12. The summed E-state index contributed by atoms with van der Waals surface area (Å²) in [7, 11) is 2.02. The van der Waals surface area contributed by atoms with E-state index in [-0.39, 0.29) is 0 Å². The van der Waals surface area contributed by atoms with Gasteiger partial charge in [0.15, 0.2) is 11.6 Å². The zero-order valence-corrected chi connectivity index (χ0v) is 20.5. The molecule has 0 aliphatic carbocycles. The van der Waals surface area contributed by atoms with Gasteiger partial charge in [-0.05, 0) is 88.8 Å². The maximum Gasteiger partial charge on any atom is 0.157 e. The molecule has 3 heterocycles. The number of benzene rings is 1. The molecule has 0 fully saturated rings. The fraction of sp³-hybridized carbons (Fsp3) is 0.333. The van der Waals surface area contributed by atoms with Gasteiger partial charge in [0, 0.05) is 29.6 Å². The van der Waals surface area contributed by atoms with Gasteiger partial charge in [-0.2, -0.15) is 0 Å². The van der Waals surface area contributed by atoms with E-state index >= 15 is 0 Å². The van der Waals surface area contributed by atoms with Gasteiger partial charge in [0.2, 0.25) is 0 Å². The van der Waals surface area contributed by atoms with E-state index in [1.807, 2.05) is 33.0 Å². The lowest BCUT2D eigenvalue weighted by molar-refractivity contribution is 0.768. The van der Waals surface area contributed by atoms with Gasteiger partial charge in [-0.25, -0.2) is 20.0 Å².